The molecule has 2 rings (SSSR count). The van der Waals surface area contributed by atoms with Crippen LogP contribution in [0.1, 0.15) is 31.7 Å². The monoisotopic (exact) mass is 249 g/mol. The molecule has 0 aromatic heterocycles. The van der Waals surface area contributed by atoms with Gasteiger partial charge in [0, 0.05) is 18.7 Å². The average molecular weight is 249 g/mol. The molecule has 1 aliphatic heterocycles. The second-order valence-corrected chi connectivity index (χ2v) is 4.78. The lowest BCUT2D eigenvalue weighted by atomic mass is 10.1. The number of hydrogen-bond donors (Lipinski definition) is 1. The molecule has 0 amide bonds. The van der Waals surface area contributed by atoms with Gasteiger partial charge in [0.2, 0.25) is 0 Å². The predicted octanol–water partition coefficient (Wildman–Crippen LogP) is 2.55. The molecule has 1 heterocycles. The number of nitrogens with two attached hydrogens (primary N) is 1. The molecular formula is C13H19N3O2. The van der Waals surface area contributed by atoms with E-state index in [9.17, 15) is 10.1 Å². The number of benzene rings is 1. The van der Waals surface area contributed by atoms with E-state index in [2.05, 4.69) is 11.8 Å². The van der Waals surface area contributed by atoms with E-state index in [1.165, 1.54) is 18.9 Å². The Kier molecular flexibility index (Phi) is 3.81. The highest BCUT2D eigenvalue weighted by molar-refractivity contribution is 5.62. The topological polar surface area (TPSA) is 72.4 Å². The normalized spacial score (nSPS) is 20.2. The molecule has 1 fully saturated rings. The van der Waals surface area contributed by atoms with Crippen LogP contribution in [0.2, 0.25) is 0 Å². The van der Waals surface area contributed by atoms with E-state index < -0.39 is 4.92 Å². The van der Waals surface area contributed by atoms with E-state index in [0.29, 0.717) is 18.3 Å². The SMILES string of the molecule is CCC1CCCN1Cc1cccc([N+](=O)[O-])c1N. The van der Waals surface area contributed by atoms with Crippen LogP contribution in [0.15, 0.2) is 18.2 Å². The van der Waals surface area contributed by atoms with Crippen LogP contribution in [0, 0.1) is 10.1 Å². The van der Waals surface area contributed by atoms with Crippen molar-refractivity contribution in [3.05, 3.63) is 33.9 Å². The van der Waals surface area contributed by atoms with Gasteiger partial charge in [0.1, 0.15) is 5.69 Å². The van der Waals surface area contributed by atoms with Crippen LogP contribution in [-0.2, 0) is 6.54 Å². The van der Waals surface area contributed by atoms with E-state index in [1.54, 1.807) is 6.07 Å². The fourth-order valence-corrected chi connectivity index (χ4v) is 2.68. The maximum atomic E-state index is 10.8. The molecule has 0 radical (unpaired) electrons. The third-order valence-corrected chi connectivity index (χ3v) is 3.71. The van der Waals surface area contributed by atoms with Crippen molar-refractivity contribution in [2.24, 2.45) is 0 Å². The minimum atomic E-state index is -0.417. The van der Waals surface area contributed by atoms with Gasteiger partial charge in [-0.25, -0.2) is 0 Å². The number of nitrogen functional groups attached to an aromatic ring is 1. The summed E-state index contributed by atoms with van der Waals surface area (Å²) in [5.74, 6) is 0. The molecule has 0 bridgehead atoms. The smallest absolute Gasteiger partial charge is 0.292 e. The summed E-state index contributed by atoms with van der Waals surface area (Å²) in [5, 5.41) is 10.8. The predicted molar refractivity (Wildman–Crippen MR) is 71.2 cm³/mol. The zero-order valence-electron chi connectivity index (χ0n) is 10.6. The van der Waals surface area contributed by atoms with Crippen LogP contribution in [0.5, 0.6) is 0 Å². The minimum absolute atomic E-state index is 0.0137. The maximum Gasteiger partial charge on any atom is 0.292 e. The van der Waals surface area contributed by atoms with E-state index in [1.807, 2.05) is 6.07 Å². The van der Waals surface area contributed by atoms with Gasteiger partial charge in [-0.1, -0.05) is 19.1 Å². The van der Waals surface area contributed by atoms with Crippen LogP contribution in [0.4, 0.5) is 11.4 Å². The summed E-state index contributed by atoms with van der Waals surface area (Å²) in [6.45, 7) is 3.95. The standard InChI is InChI=1S/C13H19N3O2/c1-2-11-6-4-8-15(11)9-10-5-3-7-12(13(10)14)16(17)18/h3,5,7,11H,2,4,6,8-9,14H2,1H3. The van der Waals surface area contributed by atoms with Crippen LogP contribution < -0.4 is 5.73 Å². The first-order chi connectivity index (χ1) is 8.63. The van der Waals surface area contributed by atoms with Crippen molar-refractivity contribution in [3.63, 3.8) is 0 Å². The number of nitro groups is 1. The summed E-state index contributed by atoms with van der Waals surface area (Å²) < 4.78 is 0. The van der Waals surface area contributed by atoms with Gasteiger partial charge < -0.3 is 5.73 Å². The highest BCUT2D eigenvalue weighted by atomic mass is 16.6. The number of nitrogens with zero attached hydrogens (tertiary/aromatic N) is 2. The maximum absolute atomic E-state index is 10.8. The Morgan fingerprint density at radius 2 is 2.33 bits per heavy atom. The van der Waals surface area contributed by atoms with Crippen LogP contribution in [-0.4, -0.2) is 22.4 Å². The molecule has 2 N–H and O–H groups in total. The van der Waals surface area contributed by atoms with E-state index in [4.69, 9.17) is 5.73 Å². The van der Waals surface area contributed by atoms with Gasteiger partial charge in [0.15, 0.2) is 0 Å². The zero-order valence-corrected chi connectivity index (χ0v) is 10.6. The van der Waals surface area contributed by atoms with Crippen molar-refractivity contribution in [3.8, 4) is 0 Å². The fraction of sp³-hybridized carbons (Fsp3) is 0.538. The quantitative estimate of drug-likeness (QED) is 0.505. The van der Waals surface area contributed by atoms with Gasteiger partial charge >= 0.3 is 0 Å². The fourth-order valence-electron chi connectivity index (χ4n) is 2.68. The molecule has 1 atom stereocenters. The Hall–Kier alpha value is -1.62. The van der Waals surface area contributed by atoms with Crippen LogP contribution in [0.25, 0.3) is 0 Å². The molecule has 5 heteroatoms. The summed E-state index contributed by atoms with van der Waals surface area (Å²) in [6.07, 6.45) is 3.54. The molecule has 1 aromatic carbocycles. The number of hydrogen-bond acceptors (Lipinski definition) is 4. The van der Waals surface area contributed by atoms with Crippen molar-refractivity contribution >= 4 is 11.4 Å². The Bertz CT molecular complexity index is 448. The van der Waals surface area contributed by atoms with Crippen LogP contribution >= 0.6 is 0 Å². The number of likely N-dealkylation sites (tertiary alicyclic amines) is 1. The summed E-state index contributed by atoms with van der Waals surface area (Å²) in [7, 11) is 0. The summed E-state index contributed by atoms with van der Waals surface area (Å²) in [4.78, 5) is 12.8. The first-order valence-electron chi connectivity index (χ1n) is 6.39. The third kappa shape index (κ3) is 2.46. The van der Waals surface area contributed by atoms with E-state index in [-0.39, 0.29) is 5.69 Å². The summed E-state index contributed by atoms with van der Waals surface area (Å²) in [6, 6.07) is 5.64. The lowest BCUT2D eigenvalue weighted by Gasteiger charge is -2.23. The highest BCUT2D eigenvalue weighted by Crippen LogP contribution is 2.28. The molecule has 98 valence electrons. The number of rotatable bonds is 4. The van der Waals surface area contributed by atoms with Gasteiger partial charge in [-0.05, 0) is 31.4 Å². The highest BCUT2D eigenvalue weighted by Gasteiger charge is 2.24. The number of nitro benzene ring substituents is 1. The van der Waals surface area contributed by atoms with Gasteiger partial charge in [-0.2, -0.15) is 0 Å². The first-order valence-corrected chi connectivity index (χ1v) is 6.39. The molecule has 5 nitrogen and oxygen atoms in total. The lowest BCUT2D eigenvalue weighted by Crippen LogP contribution is -2.28. The molecule has 1 aliphatic rings. The van der Waals surface area contributed by atoms with Crippen molar-refractivity contribution in [1.82, 2.24) is 4.90 Å². The molecule has 0 saturated carbocycles. The van der Waals surface area contributed by atoms with Crippen LogP contribution in [0.3, 0.4) is 0 Å². The second kappa shape index (κ2) is 5.35. The van der Waals surface area contributed by atoms with Gasteiger partial charge in [-0.3, -0.25) is 15.0 Å². The molecule has 1 aromatic rings. The van der Waals surface area contributed by atoms with Crippen molar-refractivity contribution in [2.75, 3.05) is 12.3 Å². The Balaban J connectivity index is 2.19. The molecule has 1 saturated heterocycles. The Morgan fingerprint density at radius 3 is 3.00 bits per heavy atom. The Labute approximate surface area is 107 Å². The van der Waals surface area contributed by atoms with Crippen molar-refractivity contribution in [2.45, 2.75) is 38.8 Å². The summed E-state index contributed by atoms with van der Waals surface area (Å²) >= 11 is 0. The Morgan fingerprint density at radius 1 is 1.56 bits per heavy atom. The number of anilines is 1. The van der Waals surface area contributed by atoms with Gasteiger partial charge in [0.05, 0.1) is 4.92 Å². The molecule has 0 spiro atoms. The van der Waals surface area contributed by atoms with Crippen molar-refractivity contribution < 1.29 is 4.92 Å². The first kappa shape index (κ1) is 12.8. The van der Waals surface area contributed by atoms with E-state index in [0.717, 1.165) is 18.5 Å². The summed E-state index contributed by atoms with van der Waals surface area (Å²) in [5.41, 5.74) is 7.07. The average Bonchev–Trinajstić information content (AvgIpc) is 2.78. The van der Waals surface area contributed by atoms with E-state index >= 15 is 0 Å². The van der Waals surface area contributed by atoms with Gasteiger partial charge in [-0.15, -0.1) is 0 Å². The number of para-hydroxylation sites is 1. The van der Waals surface area contributed by atoms with Crippen molar-refractivity contribution in [1.29, 1.82) is 0 Å². The molecular weight excluding hydrogens is 230 g/mol. The largest absolute Gasteiger partial charge is 0.393 e. The van der Waals surface area contributed by atoms with Gasteiger partial charge in [0.25, 0.3) is 5.69 Å². The zero-order chi connectivity index (χ0) is 13.1. The lowest BCUT2D eigenvalue weighted by molar-refractivity contribution is -0.384. The minimum Gasteiger partial charge on any atom is -0.393 e. The molecule has 1 unspecified atom stereocenters. The molecule has 18 heavy (non-hydrogen) atoms. The molecule has 0 aliphatic carbocycles. The third-order valence-electron chi connectivity index (χ3n) is 3.71. The second-order valence-electron chi connectivity index (χ2n) is 4.78.